The van der Waals surface area contributed by atoms with Gasteiger partial charge in [0.05, 0.1) is 0 Å². The van der Waals surface area contributed by atoms with Crippen LogP contribution in [0.15, 0.2) is 0 Å². The molecule has 0 bridgehead atoms. The zero-order chi connectivity index (χ0) is 17.7. The molecule has 2 aliphatic heterocycles. The Morgan fingerprint density at radius 2 is 1.54 bits per heavy atom. The smallest absolute Gasteiger partial charge is 0.373 e. The highest BCUT2D eigenvalue weighted by molar-refractivity contribution is 6.63. The Bertz CT molecular complexity index is 468. The monoisotopic (exact) mass is 360 g/mol. The van der Waals surface area contributed by atoms with Gasteiger partial charge in [-0.3, -0.25) is 14.5 Å². The van der Waals surface area contributed by atoms with Crippen LogP contribution in [0.5, 0.6) is 0 Å². The molecule has 2 aliphatic rings. The first-order valence-corrected chi connectivity index (χ1v) is 10.1. The van der Waals surface area contributed by atoms with Gasteiger partial charge in [-0.15, -0.1) is 5.06 Å². The minimum absolute atomic E-state index is 0.0606. The highest BCUT2D eigenvalue weighted by atomic mass is 28.4. The van der Waals surface area contributed by atoms with E-state index in [1.807, 2.05) is 20.8 Å². The van der Waals surface area contributed by atoms with Gasteiger partial charge in [-0.25, -0.2) is 4.79 Å². The summed E-state index contributed by atoms with van der Waals surface area (Å²) in [7, 11) is -3.09. The predicted octanol–water partition coefficient (Wildman–Crippen LogP) is 0.849. The first-order valence-electron chi connectivity index (χ1n) is 8.25. The molecule has 0 aromatic rings. The number of likely N-dealkylation sites (tertiary alicyclic amines) is 1. The van der Waals surface area contributed by atoms with Crippen LogP contribution in [0.1, 0.15) is 40.0 Å². The second kappa shape index (κ2) is 8.06. The van der Waals surface area contributed by atoms with Crippen LogP contribution in [0, 0.1) is 0 Å². The quantitative estimate of drug-likeness (QED) is 0.468. The molecule has 0 radical (unpaired) electrons. The summed E-state index contributed by atoms with van der Waals surface area (Å²) in [4.78, 5) is 41.9. The van der Waals surface area contributed by atoms with Crippen molar-refractivity contribution in [2.45, 2.75) is 45.7 Å². The maximum Gasteiger partial charge on any atom is 0.524 e. The van der Waals surface area contributed by atoms with E-state index in [2.05, 4.69) is 0 Å². The maximum atomic E-state index is 12.4. The van der Waals surface area contributed by atoms with Crippen LogP contribution in [0.25, 0.3) is 0 Å². The Morgan fingerprint density at radius 3 is 1.92 bits per heavy atom. The normalized spacial score (nSPS) is 21.2. The molecule has 2 saturated heterocycles. The zero-order valence-electron chi connectivity index (χ0n) is 14.3. The minimum Gasteiger partial charge on any atom is -0.373 e. The van der Waals surface area contributed by atoms with Gasteiger partial charge < -0.3 is 18.1 Å². The van der Waals surface area contributed by atoms with Crippen LogP contribution in [0.2, 0.25) is 0 Å². The molecular weight excluding hydrogens is 336 g/mol. The lowest BCUT2D eigenvalue weighted by molar-refractivity contribution is -0.175. The van der Waals surface area contributed by atoms with Crippen LogP contribution >= 0.6 is 0 Å². The first kappa shape index (κ1) is 18.8. The molecule has 0 saturated carbocycles. The van der Waals surface area contributed by atoms with Crippen molar-refractivity contribution in [3.63, 3.8) is 0 Å². The predicted molar refractivity (Wildman–Crippen MR) is 83.3 cm³/mol. The third-order valence-electron chi connectivity index (χ3n) is 3.87. The summed E-state index contributed by atoms with van der Waals surface area (Å²) in [5.74, 6) is -1.01. The van der Waals surface area contributed by atoms with Crippen molar-refractivity contribution < 1.29 is 32.5 Å². The molecule has 10 heteroatoms. The molecule has 0 aromatic carbocycles. The second-order valence-corrected chi connectivity index (χ2v) is 8.08. The fourth-order valence-corrected chi connectivity index (χ4v) is 5.91. The van der Waals surface area contributed by atoms with Gasteiger partial charge >= 0.3 is 14.9 Å². The van der Waals surface area contributed by atoms with Crippen molar-refractivity contribution in [3.05, 3.63) is 0 Å². The van der Waals surface area contributed by atoms with Gasteiger partial charge in [0.25, 0.3) is 11.8 Å². The van der Waals surface area contributed by atoms with Crippen molar-refractivity contribution in [2.75, 3.05) is 26.4 Å². The van der Waals surface area contributed by atoms with E-state index in [1.165, 1.54) is 4.90 Å². The molecule has 2 heterocycles. The van der Waals surface area contributed by atoms with Gasteiger partial charge in [0.2, 0.25) is 0 Å². The molecule has 0 spiro atoms. The first-order chi connectivity index (χ1) is 11.5. The lowest BCUT2D eigenvalue weighted by Gasteiger charge is -2.46. The Balaban J connectivity index is 2.08. The molecule has 1 atom stereocenters. The molecule has 9 nitrogen and oxygen atoms in total. The van der Waals surface area contributed by atoms with Crippen molar-refractivity contribution in [2.24, 2.45) is 0 Å². The molecule has 3 amide bonds. The number of carbonyl (C=O) groups is 3. The molecular formula is C14H24N2O7Si. The number of amides is 3. The van der Waals surface area contributed by atoms with Crippen molar-refractivity contribution in [1.82, 2.24) is 9.96 Å². The van der Waals surface area contributed by atoms with Gasteiger partial charge in [-0.05, 0) is 27.2 Å². The van der Waals surface area contributed by atoms with Crippen LogP contribution in [-0.4, -0.2) is 68.7 Å². The Kier molecular flexibility index (Phi) is 6.32. The fourth-order valence-electron chi connectivity index (χ4n) is 2.78. The molecule has 0 aliphatic carbocycles. The SMILES string of the molecule is CCO[Si](OCC)(OCC)C1CCN1C(=O)ON1C(=O)CCC1=O. The average molecular weight is 360 g/mol. The Labute approximate surface area is 142 Å². The number of hydroxylamine groups is 2. The molecule has 136 valence electrons. The third kappa shape index (κ3) is 3.61. The summed E-state index contributed by atoms with van der Waals surface area (Å²) in [5, 5.41) is 0.545. The summed E-state index contributed by atoms with van der Waals surface area (Å²) in [5.41, 5.74) is -0.377. The van der Waals surface area contributed by atoms with Crippen molar-refractivity contribution >= 4 is 26.7 Å². The van der Waals surface area contributed by atoms with Gasteiger partial charge in [0.15, 0.2) is 0 Å². The Hall–Kier alpha value is -1.49. The van der Waals surface area contributed by atoms with Crippen LogP contribution < -0.4 is 0 Å². The zero-order valence-corrected chi connectivity index (χ0v) is 15.3. The number of hydrogen-bond acceptors (Lipinski definition) is 7. The number of rotatable bonds is 8. The fraction of sp³-hybridized carbons (Fsp3) is 0.786. The third-order valence-corrected chi connectivity index (χ3v) is 7.36. The number of carbonyl (C=O) groups excluding carboxylic acids is 3. The number of imide groups is 1. The lowest BCUT2D eigenvalue weighted by atomic mass is 10.2. The molecule has 2 rings (SSSR count). The van der Waals surface area contributed by atoms with Crippen molar-refractivity contribution in [1.29, 1.82) is 0 Å². The molecule has 2 fully saturated rings. The largest absolute Gasteiger partial charge is 0.524 e. The highest BCUT2D eigenvalue weighted by Crippen LogP contribution is 2.31. The van der Waals surface area contributed by atoms with Crippen LogP contribution in [0.3, 0.4) is 0 Å². The van der Waals surface area contributed by atoms with E-state index in [4.69, 9.17) is 18.1 Å². The minimum atomic E-state index is -3.09. The highest BCUT2D eigenvalue weighted by Gasteiger charge is 2.58. The molecule has 0 N–H and O–H groups in total. The number of hydrogen-bond donors (Lipinski definition) is 0. The summed E-state index contributed by atoms with van der Waals surface area (Å²) in [6, 6.07) is 0. The number of nitrogens with zero attached hydrogens (tertiary/aromatic N) is 2. The maximum absolute atomic E-state index is 12.4. The van der Waals surface area contributed by atoms with Gasteiger partial charge in [0.1, 0.15) is 5.67 Å². The summed E-state index contributed by atoms with van der Waals surface area (Å²) < 4.78 is 17.4. The van der Waals surface area contributed by atoms with E-state index in [0.29, 0.717) is 37.8 Å². The van der Waals surface area contributed by atoms with E-state index in [9.17, 15) is 14.4 Å². The standard InChI is InChI=1S/C14H24N2O7Si/c1-4-20-24(21-5-2,22-6-3)13-9-10-15(13)14(19)23-16-11(17)7-8-12(16)18/h13H,4-10H2,1-3H3. The summed E-state index contributed by atoms with van der Waals surface area (Å²) in [6.45, 7) is 7.13. The van der Waals surface area contributed by atoms with Gasteiger partial charge in [-0.2, -0.15) is 0 Å². The van der Waals surface area contributed by atoms with E-state index < -0.39 is 26.7 Å². The topological polar surface area (TPSA) is 94.6 Å². The molecule has 0 aromatic heterocycles. The van der Waals surface area contributed by atoms with Crippen LogP contribution in [-0.2, 0) is 27.7 Å². The van der Waals surface area contributed by atoms with Gasteiger partial charge in [0, 0.05) is 39.2 Å². The van der Waals surface area contributed by atoms with E-state index in [1.54, 1.807) is 0 Å². The van der Waals surface area contributed by atoms with Gasteiger partial charge in [-0.1, -0.05) is 0 Å². The van der Waals surface area contributed by atoms with Crippen molar-refractivity contribution in [3.8, 4) is 0 Å². The average Bonchev–Trinajstić information content (AvgIpc) is 2.79. The molecule has 1 unspecified atom stereocenters. The van der Waals surface area contributed by atoms with E-state index >= 15 is 0 Å². The van der Waals surface area contributed by atoms with Crippen LogP contribution in [0.4, 0.5) is 4.79 Å². The lowest BCUT2D eigenvalue weighted by Crippen LogP contribution is -2.70. The summed E-state index contributed by atoms with van der Waals surface area (Å²) in [6.07, 6.45) is 0.0186. The van der Waals surface area contributed by atoms with E-state index in [0.717, 1.165) is 0 Å². The Morgan fingerprint density at radius 1 is 1.04 bits per heavy atom. The second-order valence-electron chi connectivity index (χ2n) is 5.34. The summed E-state index contributed by atoms with van der Waals surface area (Å²) >= 11 is 0. The molecule has 24 heavy (non-hydrogen) atoms. The van der Waals surface area contributed by atoms with E-state index in [-0.39, 0.29) is 18.5 Å².